The van der Waals surface area contributed by atoms with Crippen molar-refractivity contribution in [2.45, 2.75) is 48.0 Å². The van der Waals surface area contributed by atoms with Gasteiger partial charge < -0.3 is 0 Å². The van der Waals surface area contributed by atoms with Crippen molar-refractivity contribution in [3.05, 3.63) is 180 Å². The van der Waals surface area contributed by atoms with Gasteiger partial charge in [0.25, 0.3) is 0 Å². The van der Waals surface area contributed by atoms with Gasteiger partial charge in [-0.3, -0.25) is 0 Å². The summed E-state index contributed by atoms with van der Waals surface area (Å²) in [6, 6.07) is 54.0. The van der Waals surface area contributed by atoms with Crippen LogP contribution in [-0.2, 0) is 6.42 Å². The van der Waals surface area contributed by atoms with Crippen LogP contribution < -0.4 is 0 Å². The molecule has 0 aromatic heterocycles. The number of allylic oxidation sites excluding steroid dienone is 2. The van der Waals surface area contributed by atoms with E-state index < -0.39 is 0 Å². The first-order valence-corrected chi connectivity index (χ1v) is 19.1. The number of rotatable bonds is 7. The predicted octanol–water partition coefficient (Wildman–Crippen LogP) is 15.8. The number of benzene rings is 8. The topological polar surface area (TPSA) is 0 Å². The van der Waals surface area contributed by atoms with Gasteiger partial charge in [0.1, 0.15) is 0 Å². The standard InChI is InChI=1S/C51H42.C2H6/c1-5-14-40-32-50(46(15-6-2)34(4)45(40)7-3)41-19-12-17-36(28-41)38-26-24-35-25-27-39(31-44(35)30-38)37-18-13-20-42(29-37)51-33-43-16-8-9-21-47(43)48-22-10-11-23-49(48)51;1-2/h5-6,8-33H,7H2,1-4H3;1-2H3/b14-5-,15-6-;. The Morgan fingerprint density at radius 3 is 1.60 bits per heavy atom. The molecule has 0 atom stereocenters. The van der Waals surface area contributed by atoms with Crippen LogP contribution in [0.1, 0.15) is 56.9 Å². The van der Waals surface area contributed by atoms with Crippen LogP contribution in [0.2, 0.25) is 0 Å². The molecule has 53 heavy (non-hydrogen) atoms. The van der Waals surface area contributed by atoms with E-state index in [1.165, 1.54) is 99.1 Å². The SMILES string of the molecule is C/C=C\c1cc(-c2cccc(-c3ccc4ccc(-c5cccc(-c6cc7ccccc7c7ccccc67)c5)cc4c3)c2)c(/C=C\C)c(C)c1CC.CC. The first kappa shape index (κ1) is 35.4. The lowest BCUT2D eigenvalue weighted by Gasteiger charge is -2.18. The normalized spacial score (nSPS) is 11.5. The Labute approximate surface area is 315 Å². The number of hydrogen-bond donors (Lipinski definition) is 0. The van der Waals surface area contributed by atoms with Gasteiger partial charge in [0.2, 0.25) is 0 Å². The summed E-state index contributed by atoms with van der Waals surface area (Å²) >= 11 is 0. The fourth-order valence-corrected chi connectivity index (χ4v) is 7.95. The molecule has 0 N–H and O–H groups in total. The zero-order valence-electron chi connectivity index (χ0n) is 31.9. The van der Waals surface area contributed by atoms with E-state index in [-0.39, 0.29) is 0 Å². The van der Waals surface area contributed by atoms with Gasteiger partial charge >= 0.3 is 0 Å². The molecule has 260 valence electrons. The second-order valence-corrected chi connectivity index (χ2v) is 13.5. The van der Waals surface area contributed by atoms with E-state index in [9.17, 15) is 0 Å². The molecule has 0 saturated carbocycles. The quantitative estimate of drug-likeness (QED) is 0.147. The molecule has 0 aliphatic carbocycles. The first-order chi connectivity index (χ1) is 26.1. The van der Waals surface area contributed by atoms with Gasteiger partial charge in [0, 0.05) is 0 Å². The average Bonchev–Trinajstić information content (AvgIpc) is 3.22. The summed E-state index contributed by atoms with van der Waals surface area (Å²) in [7, 11) is 0. The summed E-state index contributed by atoms with van der Waals surface area (Å²) in [5.41, 5.74) is 15.3. The lowest BCUT2D eigenvalue weighted by Crippen LogP contribution is -1.98. The predicted molar refractivity (Wildman–Crippen MR) is 236 cm³/mol. The van der Waals surface area contributed by atoms with E-state index in [1.807, 2.05) is 13.8 Å². The van der Waals surface area contributed by atoms with Crippen molar-refractivity contribution < 1.29 is 0 Å². The Balaban J connectivity index is 0.00000214. The van der Waals surface area contributed by atoms with Crippen molar-refractivity contribution in [1.29, 1.82) is 0 Å². The second kappa shape index (κ2) is 15.7. The Hall–Kier alpha value is -5.98. The molecule has 0 radical (unpaired) electrons. The van der Waals surface area contributed by atoms with Crippen molar-refractivity contribution in [3.8, 4) is 44.5 Å². The fourth-order valence-electron chi connectivity index (χ4n) is 7.95. The van der Waals surface area contributed by atoms with Crippen LogP contribution in [0.3, 0.4) is 0 Å². The maximum absolute atomic E-state index is 2.38. The van der Waals surface area contributed by atoms with E-state index in [0.29, 0.717) is 0 Å². The minimum absolute atomic E-state index is 1.01. The first-order valence-electron chi connectivity index (χ1n) is 19.1. The van der Waals surface area contributed by atoms with Gasteiger partial charge in [-0.25, -0.2) is 0 Å². The number of fused-ring (bicyclic) bond motifs is 4. The zero-order chi connectivity index (χ0) is 36.9. The minimum Gasteiger partial charge on any atom is -0.0871 e. The highest BCUT2D eigenvalue weighted by Gasteiger charge is 2.14. The summed E-state index contributed by atoms with van der Waals surface area (Å²) in [6.45, 7) is 12.7. The molecule has 8 rings (SSSR count). The molecule has 0 aliphatic rings. The van der Waals surface area contributed by atoms with Crippen LogP contribution >= 0.6 is 0 Å². The summed E-state index contributed by atoms with van der Waals surface area (Å²) in [4.78, 5) is 0. The maximum Gasteiger partial charge on any atom is -0.00988 e. The molecule has 8 aromatic carbocycles. The van der Waals surface area contributed by atoms with Gasteiger partial charge in [0.05, 0.1) is 0 Å². The second-order valence-electron chi connectivity index (χ2n) is 13.5. The lowest BCUT2D eigenvalue weighted by molar-refractivity contribution is 1.10. The van der Waals surface area contributed by atoms with E-state index in [2.05, 4.69) is 198 Å². The third-order valence-electron chi connectivity index (χ3n) is 10.5. The van der Waals surface area contributed by atoms with Crippen molar-refractivity contribution in [2.24, 2.45) is 0 Å². The molecule has 0 heterocycles. The van der Waals surface area contributed by atoms with Crippen molar-refractivity contribution in [3.63, 3.8) is 0 Å². The summed E-state index contributed by atoms with van der Waals surface area (Å²) in [5.74, 6) is 0. The minimum atomic E-state index is 1.01. The Morgan fingerprint density at radius 2 is 0.981 bits per heavy atom. The zero-order valence-corrected chi connectivity index (χ0v) is 31.9. The number of hydrogen-bond acceptors (Lipinski definition) is 0. The van der Waals surface area contributed by atoms with Crippen molar-refractivity contribution >= 4 is 44.5 Å². The highest BCUT2D eigenvalue weighted by atomic mass is 14.2. The molecular weight excluding hydrogens is 637 g/mol. The van der Waals surface area contributed by atoms with Gasteiger partial charge in [0.15, 0.2) is 0 Å². The van der Waals surface area contributed by atoms with Crippen LogP contribution in [0, 0.1) is 6.92 Å². The fraction of sp³-hybridized carbons (Fsp3) is 0.132. The van der Waals surface area contributed by atoms with E-state index in [0.717, 1.165) is 6.42 Å². The molecule has 0 unspecified atom stereocenters. The van der Waals surface area contributed by atoms with Crippen molar-refractivity contribution in [1.82, 2.24) is 0 Å². The van der Waals surface area contributed by atoms with Gasteiger partial charge in [-0.1, -0.05) is 154 Å². The van der Waals surface area contributed by atoms with Crippen LogP contribution in [0.25, 0.3) is 89.0 Å². The Morgan fingerprint density at radius 1 is 0.434 bits per heavy atom. The van der Waals surface area contributed by atoms with Gasteiger partial charge in [-0.2, -0.15) is 0 Å². The molecule has 0 saturated heterocycles. The van der Waals surface area contributed by atoms with E-state index in [4.69, 9.17) is 0 Å². The Bertz CT molecular complexity index is 2650. The summed E-state index contributed by atoms with van der Waals surface area (Å²) in [5, 5.41) is 7.62. The summed E-state index contributed by atoms with van der Waals surface area (Å²) in [6.07, 6.45) is 9.84. The third kappa shape index (κ3) is 6.86. The monoisotopic (exact) mass is 684 g/mol. The molecule has 0 spiro atoms. The van der Waals surface area contributed by atoms with Gasteiger partial charge in [-0.15, -0.1) is 0 Å². The molecule has 0 nitrogen and oxygen atoms in total. The molecule has 0 heteroatoms. The third-order valence-corrected chi connectivity index (χ3v) is 10.5. The highest BCUT2D eigenvalue weighted by Crippen LogP contribution is 2.38. The lowest BCUT2D eigenvalue weighted by atomic mass is 9.86. The molecule has 0 aliphatic heterocycles. The van der Waals surface area contributed by atoms with Gasteiger partial charge in [-0.05, 0) is 163 Å². The maximum atomic E-state index is 2.38. The molecular formula is C53H48. The van der Waals surface area contributed by atoms with Crippen molar-refractivity contribution in [2.75, 3.05) is 0 Å². The van der Waals surface area contributed by atoms with Crippen LogP contribution in [-0.4, -0.2) is 0 Å². The molecule has 0 bridgehead atoms. The molecule has 8 aromatic rings. The molecule has 0 fully saturated rings. The summed E-state index contributed by atoms with van der Waals surface area (Å²) < 4.78 is 0. The van der Waals surface area contributed by atoms with E-state index >= 15 is 0 Å². The van der Waals surface area contributed by atoms with Crippen LogP contribution in [0.4, 0.5) is 0 Å². The van der Waals surface area contributed by atoms with E-state index in [1.54, 1.807) is 0 Å². The largest absolute Gasteiger partial charge is 0.0871 e. The Kier molecular flexibility index (Phi) is 10.5. The van der Waals surface area contributed by atoms with Crippen LogP contribution in [0.5, 0.6) is 0 Å². The highest BCUT2D eigenvalue weighted by molar-refractivity contribution is 6.14. The average molecular weight is 685 g/mol. The molecule has 0 amide bonds. The van der Waals surface area contributed by atoms with Crippen LogP contribution in [0.15, 0.2) is 158 Å². The smallest absolute Gasteiger partial charge is 0.00988 e.